The number of likely N-dealkylation sites (tertiary alicyclic amines) is 1. The van der Waals surface area contributed by atoms with Gasteiger partial charge in [-0.15, -0.1) is 12.3 Å². The van der Waals surface area contributed by atoms with Crippen molar-refractivity contribution in [2.24, 2.45) is 0 Å². The number of hydrogen-bond donors (Lipinski definition) is 1. The van der Waals surface area contributed by atoms with Gasteiger partial charge < -0.3 is 5.11 Å². The molecule has 14 heavy (non-hydrogen) atoms. The van der Waals surface area contributed by atoms with Gasteiger partial charge in [-0.25, -0.2) is 0 Å². The first-order valence-corrected chi connectivity index (χ1v) is 5.16. The molecule has 0 aromatic heterocycles. The van der Waals surface area contributed by atoms with Crippen molar-refractivity contribution in [1.29, 1.82) is 0 Å². The molecule has 0 saturated carbocycles. The topological polar surface area (TPSA) is 40.5 Å². The highest BCUT2D eigenvalue weighted by Crippen LogP contribution is 2.16. The van der Waals surface area contributed by atoms with Gasteiger partial charge in [0.2, 0.25) is 0 Å². The number of nitrogens with zero attached hydrogens (tertiary/aromatic N) is 1. The van der Waals surface area contributed by atoms with Gasteiger partial charge in [0.05, 0.1) is 0 Å². The van der Waals surface area contributed by atoms with Crippen molar-refractivity contribution >= 4 is 5.97 Å². The molecule has 0 spiro atoms. The fourth-order valence-electron chi connectivity index (χ4n) is 1.92. The molecule has 1 unspecified atom stereocenters. The van der Waals surface area contributed by atoms with Crippen molar-refractivity contribution in [2.75, 3.05) is 13.1 Å². The molecule has 0 bridgehead atoms. The standard InChI is InChI=1S/C11H17NO2/c1-2-3-8-12-9-6-4-5-7-10(12)11(13)14/h1,10H,3-9H2,(H,13,14). The van der Waals surface area contributed by atoms with Crippen LogP contribution in [0.15, 0.2) is 0 Å². The molecule has 1 saturated heterocycles. The van der Waals surface area contributed by atoms with Crippen LogP contribution in [0, 0.1) is 12.3 Å². The van der Waals surface area contributed by atoms with E-state index in [4.69, 9.17) is 11.5 Å². The molecule has 0 aromatic rings. The summed E-state index contributed by atoms with van der Waals surface area (Å²) in [5, 5.41) is 9.04. The van der Waals surface area contributed by atoms with E-state index in [0.717, 1.165) is 32.2 Å². The van der Waals surface area contributed by atoms with Crippen molar-refractivity contribution in [3.05, 3.63) is 0 Å². The highest BCUT2D eigenvalue weighted by atomic mass is 16.4. The van der Waals surface area contributed by atoms with Crippen molar-refractivity contribution in [2.45, 2.75) is 38.1 Å². The molecular weight excluding hydrogens is 178 g/mol. The number of carboxylic acids is 1. The average molecular weight is 195 g/mol. The second kappa shape index (κ2) is 5.66. The Labute approximate surface area is 85.1 Å². The van der Waals surface area contributed by atoms with Gasteiger partial charge in [0.15, 0.2) is 0 Å². The molecule has 78 valence electrons. The monoisotopic (exact) mass is 195 g/mol. The van der Waals surface area contributed by atoms with Crippen molar-refractivity contribution in [1.82, 2.24) is 4.90 Å². The fourth-order valence-corrected chi connectivity index (χ4v) is 1.92. The first-order chi connectivity index (χ1) is 6.75. The number of hydrogen-bond acceptors (Lipinski definition) is 2. The van der Waals surface area contributed by atoms with E-state index in [2.05, 4.69) is 5.92 Å². The lowest BCUT2D eigenvalue weighted by molar-refractivity contribution is -0.143. The fraction of sp³-hybridized carbons (Fsp3) is 0.727. The van der Waals surface area contributed by atoms with Crippen LogP contribution in [0.3, 0.4) is 0 Å². The molecule has 1 heterocycles. The summed E-state index contributed by atoms with van der Waals surface area (Å²) in [6.07, 6.45) is 9.83. The molecule has 1 fully saturated rings. The zero-order valence-electron chi connectivity index (χ0n) is 8.41. The summed E-state index contributed by atoms with van der Waals surface area (Å²) in [5.74, 6) is 1.86. The summed E-state index contributed by atoms with van der Waals surface area (Å²) in [6.45, 7) is 1.59. The summed E-state index contributed by atoms with van der Waals surface area (Å²) in [6, 6.07) is -0.314. The summed E-state index contributed by atoms with van der Waals surface area (Å²) >= 11 is 0. The number of carbonyl (C=O) groups is 1. The Bertz CT molecular complexity index is 232. The highest BCUT2D eigenvalue weighted by Gasteiger charge is 2.26. The Kier molecular flexibility index (Phi) is 4.48. The Morgan fingerprint density at radius 2 is 2.29 bits per heavy atom. The molecule has 1 rings (SSSR count). The van der Waals surface area contributed by atoms with E-state index in [1.165, 1.54) is 0 Å². The van der Waals surface area contributed by atoms with Gasteiger partial charge in [0.1, 0.15) is 6.04 Å². The van der Waals surface area contributed by atoms with Crippen LogP contribution in [0.1, 0.15) is 32.1 Å². The predicted molar refractivity (Wildman–Crippen MR) is 54.9 cm³/mol. The molecule has 1 aliphatic heterocycles. The maximum atomic E-state index is 11.0. The molecule has 1 atom stereocenters. The van der Waals surface area contributed by atoms with E-state index in [-0.39, 0.29) is 6.04 Å². The first-order valence-electron chi connectivity index (χ1n) is 5.16. The summed E-state index contributed by atoms with van der Waals surface area (Å²) in [4.78, 5) is 13.0. The van der Waals surface area contributed by atoms with E-state index in [9.17, 15) is 4.79 Å². The molecule has 0 radical (unpaired) electrons. The van der Waals surface area contributed by atoms with Crippen molar-refractivity contribution in [3.63, 3.8) is 0 Å². The van der Waals surface area contributed by atoms with Crippen LogP contribution in [0.2, 0.25) is 0 Å². The summed E-state index contributed by atoms with van der Waals surface area (Å²) in [5.41, 5.74) is 0. The summed E-state index contributed by atoms with van der Waals surface area (Å²) < 4.78 is 0. The maximum Gasteiger partial charge on any atom is 0.320 e. The molecule has 0 aliphatic carbocycles. The van der Waals surface area contributed by atoms with Crippen LogP contribution < -0.4 is 0 Å². The SMILES string of the molecule is C#CCCN1CCCCCC1C(=O)O. The van der Waals surface area contributed by atoms with Gasteiger partial charge in [0, 0.05) is 13.0 Å². The third-order valence-electron chi connectivity index (χ3n) is 2.69. The molecule has 0 aromatic carbocycles. The minimum absolute atomic E-state index is 0.314. The Morgan fingerprint density at radius 3 is 2.93 bits per heavy atom. The minimum atomic E-state index is -0.705. The van der Waals surface area contributed by atoms with Gasteiger partial charge in [-0.1, -0.05) is 12.8 Å². The van der Waals surface area contributed by atoms with Gasteiger partial charge >= 0.3 is 5.97 Å². The number of terminal acetylenes is 1. The highest BCUT2D eigenvalue weighted by molar-refractivity contribution is 5.73. The zero-order chi connectivity index (χ0) is 10.4. The lowest BCUT2D eigenvalue weighted by Crippen LogP contribution is -2.41. The number of aliphatic carboxylic acids is 1. The third kappa shape index (κ3) is 3.04. The zero-order valence-corrected chi connectivity index (χ0v) is 8.41. The van der Waals surface area contributed by atoms with Crippen LogP contribution in [0.25, 0.3) is 0 Å². The summed E-state index contributed by atoms with van der Waals surface area (Å²) in [7, 11) is 0. The van der Waals surface area contributed by atoms with E-state index in [1.807, 2.05) is 4.90 Å². The Morgan fingerprint density at radius 1 is 1.50 bits per heavy atom. The molecule has 1 aliphatic rings. The van der Waals surface area contributed by atoms with Gasteiger partial charge in [-0.3, -0.25) is 9.69 Å². The molecule has 3 heteroatoms. The first kappa shape index (κ1) is 11.1. The predicted octanol–water partition coefficient (Wildman–Crippen LogP) is 1.34. The average Bonchev–Trinajstić information content (AvgIpc) is 2.39. The van der Waals surface area contributed by atoms with E-state index in [1.54, 1.807) is 0 Å². The van der Waals surface area contributed by atoms with Crippen LogP contribution in [-0.4, -0.2) is 35.1 Å². The maximum absolute atomic E-state index is 11.0. The van der Waals surface area contributed by atoms with Crippen molar-refractivity contribution in [3.8, 4) is 12.3 Å². The van der Waals surface area contributed by atoms with E-state index in [0.29, 0.717) is 13.0 Å². The lowest BCUT2D eigenvalue weighted by Gasteiger charge is -2.25. The van der Waals surface area contributed by atoms with Crippen LogP contribution in [0.4, 0.5) is 0 Å². The molecular formula is C11H17NO2. The lowest BCUT2D eigenvalue weighted by atomic mass is 10.1. The molecule has 0 amide bonds. The largest absolute Gasteiger partial charge is 0.480 e. The van der Waals surface area contributed by atoms with Crippen LogP contribution >= 0.6 is 0 Å². The third-order valence-corrected chi connectivity index (χ3v) is 2.69. The van der Waals surface area contributed by atoms with Gasteiger partial charge in [0.25, 0.3) is 0 Å². The van der Waals surface area contributed by atoms with Crippen LogP contribution in [0.5, 0.6) is 0 Å². The van der Waals surface area contributed by atoms with Gasteiger partial charge in [-0.2, -0.15) is 0 Å². The minimum Gasteiger partial charge on any atom is -0.480 e. The number of carboxylic acid groups (broad SMARTS) is 1. The Hall–Kier alpha value is -1.01. The van der Waals surface area contributed by atoms with Crippen molar-refractivity contribution < 1.29 is 9.90 Å². The van der Waals surface area contributed by atoms with E-state index >= 15 is 0 Å². The second-order valence-corrected chi connectivity index (χ2v) is 3.69. The van der Waals surface area contributed by atoms with E-state index < -0.39 is 5.97 Å². The quantitative estimate of drug-likeness (QED) is 0.691. The number of rotatable bonds is 3. The molecule has 3 nitrogen and oxygen atoms in total. The van der Waals surface area contributed by atoms with Crippen LogP contribution in [-0.2, 0) is 4.79 Å². The molecule has 1 N–H and O–H groups in total. The normalized spacial score (nSPS) is 23.8. The smallest absolute Gasteiger partial charge is 0.320 e. The van der Waals surface area contributed by atoms with Gasteiger partial charge in [-0.05, 0) is 19.4 Å². The second-order valence-electron chi connectivity index (χ2n) is 3.69. The Balaban J connectivity index is 2.55.